The molecule has 0 N–H and O–H groups in total. The second kappa shape index (κ2) is 12.0. The van der Waals surface area contributed by atoms with Gasteiger partial charge in [0, 0.05) is 19.5 Å². The van der Waals surface area contributed by atoms with E-state index in [4.69, 9.17) is 8.92 Å². The summed E-state index contributed by atoms with van der Waals surface area (Å²) >= 11 is 0. The third kappa shape index (κ3) is 8.17. The molecule has 2 rings (SSSR count). The third-order valence-corrected chi connectivity index (χ3v) is 6.05. The van der Waals surface area contributed by atoms with E-state index in [0.29, 0.717) is 25.4 Å². The smallest absolute Gasteiger partial charge is 0.340 e. The van der Waals surface area contributed by atoms with E-state index in [2.05, 4.69) is 13.8 Å². The van der Waals surface area contributed by atoms with Gasteiger partial charge in [-0.05, 0) is 55.5 Å². The van der Waals surface area contributed by atoms with Gasteiger partial charge in [0.15, 0.2) is 0 Å². The molecule has 0 atom stereocenters. The van der Waals surface area contributed by atoms with Gasteiger partial charge in [-0.15, -0.1) is 0 Å². The van der Waals surface area contributed by atoms with Crippen molar-refractivity contribution in [3.8, 4) is 5.75 Å². The number of ether oxygens (including phenoxy) is 1. The first-order valence-corrected chi connectivity index (χ1v) is 12.9. The standard InChI is InChI=1S/C26H35NO6S/c1-18(2)15-25(28)27(16-19(3)4)17-21-11-13-22(14-12-21)33-34(30,31)24-10-8-7-9-23(24)26(29)32-20(5)6/h7-14,18-20H,15-17H2,1-6H3. The first kappa shape index (κ1) is 27.4. The largest absolute Gasteiger partial charge is 0.459 e. The van der Waals surface area contributed by atoms with E-state index in [-0.39, 0.29) is 34.1 Å². The van der Waals surface area contributed by atoms with Crippen LogP contribution in [0.5, 0.6) is 5.75 Å². The molecular formula is C26H35NO6S. The van der Waals surface area contributed by atoms with E-state index in [1.54, 1.807) is 44.2 Å². The van der Waals surface area contributed by atoms with Crippen LogP contribution in [0.2, 0.25) is 0 Å². The van der Waals surface area contributed by atoms with Crippen LogP contribution in [0.25, 0.3) is 0 Å². The normalized spacial score (nSPS) is 11.7. The van der Waals surface area contributed by atoms with E-state index in [0.717, 1.165) is 5.56 Å². The van der Waals surface area contributed by atoms with Crippen molar-refractivity contribution in [1.82, 2.24) is 4.90 Å². The molecule has 34 heavy (non-hydrogen) atoms. The molecule has 0 saturated carbocycles. The van der Waals surface area contributed by atoms with E-state index >= 15 is 0 Å². The zero-order valence-electron chi connectivity index (χ0n) is 20.8. The van der Waals surface area contributed by atoms with Crippen LogP contribution < -0.4 is 4.18 Å². The van der Waals surface area contributed by atoms with Gasteiger partial charge in [0.05, 0.1) is 11.7 Å². The van der Waals surface area contributed by atoms with Gasteiger partial charge in [-0.25, -0.2) is 4.79 Å². The molecule has 1 amide bonds. The van der Waals surface area contributed by atoms with Crippen molar-refractivity contribution in [2.24, 2.45) is 11.8 Å². The maximum atomic E-state index is 12.9. The fourth-order valence-electron chi connectivity index (χ4n) is 3.35. The summed E-state index contributed by atoms with van der Waals surface area (Å²) in [5, 5.41) is 0. The van der Waals surface area contributed by atoms with E-state index in [9.17, 15) is 18.0 Å². The first-order valence-electron chi connectivity index (χ1n) is 11.5. The third-order valence-electron chi connectivity index (χ3n) is 4.74. The molecule has 2 aromatic rings. The molecule has 0 saturated heterocycles. The van der Waals surface area contributed by atoms with Crippen LogP contribution in [-0.4, -0.2) is 37.8 Å². The molecule has 0 bridgehead atoms. The summed E-state index contributed by atoms with van der Waals surface area (Å²) in [5.74, 6) is 0.0655. The Bertz CT molecular complexity index is 1070. The van der Waals surface area contributed by atoms with Crippen molar-refractivity contribution in [1.29, 1.82) is 0 Å². The summed E-state index contributed by atoms with van der Waals surface area (Å²) in [7, 11) is -4.27. The number of esters is 1. The Labute approximate surface area is 203 Å². The van der Waals surface area contributed by atoms with E-state index in [1.807, 2.05) is 18.7 Å². The van der Waals surface area contributed by atoms with Gasteiger partial charge in [0.25, 0.3) is 0 Å². The molecule has 0 unspecified atom stereocenters. The molecule has 8 heteroatoms. The second-order valence-electron chi connectivity index (χ2n) is 9.40. The predicted molar refractivity (Wildman–Crippen MR) is 131 cm³/mol. The quantitative estimate of drug-likeness (QED) is 0.324. The van der Waals surface area contributed by atoms with Crippen LogP contribution in [-0.2, 0) is 26.2 Å². The van der Waals surface area contributed by atoms with Crippen LogP contribution >= 0.6 is 0 Å². The monoisotopic (exact) mass is 489 g/mol. The Hall–Kier alpha value is -2.87. The van der Waals surface area contributed by atoms with Gasteiger partial charge in [0.1, 0.15) is 10.6 Å². The van der Waals surface area contributed by atoms with Crippen LogP contribution in [0.15, 0.2) is 53.4 Å². The average Bonchev–Trinajstić information content (AvgIpc) is 2.73. The van der Waals surface area contributed by atoms with Crippen molar-refractivity contribution in [3.05, 3.63) is 59.7 Å². The Morgan fingerprint density at radius 3 is 2.06 bits per heavy atom. The summed E-state index contributed by atoms with van der Waals surface area (Å²) < 4.78 is 36.3. The molecule has 0 heterocycles. The van der Waals surface area contributed by atoms with Gasteiger partial charge in [-0.3, -0.25) is 4.79 Å². The number of hydrogen-bond donors (Lipinski definition) is 0. The fraction of sp³-hybridized carbons (Fsp3) is 0.462. The number of benzene rings is 2. The Balaban J connectivity index is 2.19. The van der Waals surface area contributed by atoms with Gasteiger partial charge >= 0.3 is 16.1 Å². The summed E-state index contributed by atoms with van der Waals surface area (Å²) in [6.07, 6.45) is 0.0876. The van der Waals surface area contributed by atoms with Crippen molar-refractivity contribution >= 4 is 22.0 Å². The minimum atomic E-state index is -4.27. The lowest BCUT2D eigenvalue weighted by atomic mass is 10.1. The van der Waals surface area contributed by atoms with Crippen LogP contribution in [0.1, 0.15) is 63.9 Å². The molecule has 0 spiro atoms. The van der Waals surface area contributed by atoms with E-state index < -0.39 is 16.1 Å². The van der Waals surface area contributed by atoms with Crippen LogP contribution in [0.3, 0.4) is 0 Å². The number of carbonyl (C=O) groups is 2. The summed E-state index contributed by atoms with van der Waals surface area (Å²) in [6.45, 7) is 12.6. The van der Waals surface area contributed by atoms with Crippen LogP contribution in [0, 0.1) is 11.8 Å². The zero-order valence-corrected chi connectivity index (χ0v) is 21.6. The summed E-state index contributed by atoms with van der Waals surface area (Å²) in [4.78, 5) is 26.6. The predicted octanol–water partition coefficient (Wildman–Crippen LogP) is 5.05. The Morgan fingerprint density at radius 1 is 0.882 bits per heavy atom. The fourth-order valence-corrected chi connectivity index (χ4v) is 4.47. The van der Waals surface area contributed by atoms with Gasteiger partial charge in [0.2, 0.25) is 5.91 Å². The van der Waals surface area contributed by atoms with Gasteiger partial charge < -0.3 is 13.8 Å². The lowest BCUT2D eigenvalue weighted by molar-refractivity contribution is -0.133. The SMILES string of the molecule is CC(C)CC(=O)N(Cc1ccc(OS(=O)(=O)c2ccccc2C(=O)OC(C)C)cc1)CC(C)C. The summed E-state index contributed by atoms with van der Waals surface area (Å²) in [6, 6.07) is 12.3. The van der Waals surface area contributed by atoms with Gasteiger partial charge in [-0.2, -0.15) is 8.42 Å². The molecule has 7 nitrogen and oxygen atoms in total. The topological polar surface area (TPSA) is 90.0 Å². The minimum absolute atomic E-state index is 0.0826. The molecule has 0 aromatic heterocycles. The van der Waals surface area contributed by atoms with E-state index in [1.165, 1.54) is 18.2 Å². The highest BCUT2D eigenvalue weighted by atomic mass is 32.2. The molecule has 0 radical (unpaired) electrons. The minimum Gasteiger partial charge on any atom is -0.459 e. The second-order valence-corrected chi connectivity index (χ2v) is 10.9. The highest BCUT2D eigenvalue weighted by Crippen LogP contribution is 2.23. The average molecular weight is 490 g/mol. The zero-order chi connectivity index (χ0) is 25.5. The maximum absolute atomic E-state index is 12.9. The molecular weight excluding hydrogens is 454 g/mol. The lowest BCUT2D eigenvalue weighted by Crippen LogP contribution is -2.34. The highest BCUT2D eigenvalue weighted by Gasteiger charge is 2.25. The summed E-state index contributed by atoms with van der Waals surface area (Å²) in [5.41, 5.74) is 0.782. The van der Waals surface area contributed by atoms with Crippen LogP contribution in [0.4, 0.5) is 0 Å². The molecule has 186 valence electrons. The molecule has 2 aromatic carbocycles. The first-order chi connectivity index (χ1) is 15.9. The number of rotatable bonds is 11. The lowest BCUT2D eigenvalue weighted by Gasteiger charge is -2.25. The van der Waals surface area contributed by atoms with Gasteiger partial charge in [-0.1, -0.05) is 52.0 Å². The maximum Gasteiger partial charge on any atom is 0.340 e. The van der Waals surface area contributed by atoms with Crippen molar-refractivity contribution in [3.63, 3.8) is 0 Å². The Kier molecular flexibility index (Phi) is 9.67. The van der Waals surface area contributed by atoms with Crippen molar-refractivity contribution < 1.29 is 26.9 Å². The molecule has 0 fully saturated rings. The number of nitrogens with zero attached hydrogens (tertiary/aromatic N) is 1. The molecule has 0 aliphatic carbocycles. The highest BCUT2D eigenvalue weighted by molar-refractivity contribution is 7.87. The number of amides is 1. The number of hydrogen-bond acceptors (Lipinski definition) is 6. The Morgan fingerprint density at radius 2 is 1.50 bits per heavy atom. The van der Waals surface area contributed by atoms with Crippen molar-refractivity contribution in [2.45, 2.75) is 65.5 Å². The molecule has 0 aliphatic rings. The number of carbonyl (C=O) groups excluding carboxylic acids is 2. The van der Waals surface area contributed by atoms with Crippen molar-refractivity contribution in [2.75, 3.05) is 6.54 Å². The molecule has 0 aliphatic heterocycles.